The summed E-state index contributed by atoms with van der Waals surface area (Å²) in [5.41, 5.74) is 9.41. The van der Waals surface area contributed by atoms with Crippen LogP contribution in [0.5, 0.6) is 0 Å². The Morgan fingerprint density at radius 3 is 2.53 bits per heavy atom. The Morgan fingerprint density at radius 2 is 2.00 bits per heavy atom. The van der Waals surface area contributed by atoms with Gasteiger partial charge in [-0.1, -0.05) is 0 Å². The lowest BCUT2D eigenvalue weighted by Gasteiger charge is -2.36. The molecule has 0 aromatic heterocycles. The van der Waals surface area contributed by atoms with Crippen molar-refractivity contribution in [2.75, 3.05) is 39.8 Å². The molecule has 0 amide bonds. The van der Waals surface area contributed by atoms with Crippen molar-refractivity contribution in [3.63, 3.8) is 0 Å². The second kappa shape index (κ2) is 6.11. The average molecular weight is 242 g/mol. The van der Waals surface area contributed by atoms with Crippen molar-refractivity contribution in [3.8, 4) is 0 Å². The Bertz CT molecular complexity index is 231. The summed E-state index contributed by atoms with van der Waals surface area (Å²) in [6.07, 6.45) is 2.97. The number of nitrogens with two attached hydrogens (primary N) is 1. The summed E-state index contributed by atoms with van der Waals surface area (Å²) in [7, 11) is 2.17. The van der Waals surface area contributed by atoms with E-state index in [2.05, 4.69) is 29.3 Å². The van der Waals surface area contributed by atoms with Crippen LogP contribution in [0.3, 0.4) is 0 Å². The zero-order valence-corrected chi connectivity index (χ0v) is 11.1. The maximum atomic E-state index is 5.90. The summed E-state index contributed by atoms with van der Waals surface area (Å²) in [5, 5.41) is 2.30. The van der Waals surface area contributed by atoms with Crippen molar-refractivity contribution < 1.29 is 4.74 Å². The molecular weight excluding hydrogens is 216 g/mol. The first-order valence-corrected chi connectivity index (χ1v) is 6.74. The minimum Gasteiger partial charge on any atom is -0.374 e. The molecular formula is C12H26N4O. The number of hydrogen-bond acceptors (Lipinski definition) is 5. The van der Waals surface area contributed by atoms with Crippen LogP contribution >= 0.6 is 0 Å². The Labute approximate surface area is 104 Å². The number of nitrogens with zero attached hydrogens (tertiary/aromatic N) is 2. The van der Waals surface area contributed by atoms with E-state index in [0.717, 1.165) is 39.0 Å². The topological polar surface area (TPSA) is 53.8 Å². The van der Waals surface area contributed by atoms with Gasteiger partial charge in [-0.2, -0.15) is 0 Å². The molecule has 0 radical (unpaired) electrons. The molecule has 2 heterocycles. The Kier molecular flexibility index (Phi) is 4.76. The first-order valence-electron chi connectivity index (χ1n) is 6.74. The van der Waals surface area contributed by atoms with Gasteiger partial charge in [0.05, 0.1) is 18.2 Å². The summed E-state index contributed by atoms with van der Waals surface area (Å²) < 4.78 is 5.90. The minimum absolute atomic E-state index is 0.267. The van der Waals surface area contributed by atoms with Crippen molar-refractivity contribution in [2.24, 2.45) is 5.73 Å². The molecule has 0 aliphatic carbocycles. The van der Waals surface area contributed by atoms with E-state index in [9.17, 15) is 0 Å². The van der Waals surface area contributed by atoms with E-state index in [-0.39, 0.29) is 12.1 Å². The van der Waals surface area contributed by atoms with Gasteiger partial charge in [-0.25, -0.2) is 10.4 Å². The number of piperazine rings is 1. The lowest BCUT2D eigenvalue weighted by Crippen LogP contribution is -2.58. The number of likely N-dealkylation sites (N-methyl/N-ethyl adjacent to an activating group) is 1. The Hall–Kier alpha value is -0.200. The molecule has 2 rings (SSSR count). The molecule has 0 aromatic rings. The fraction of sp³-hybridized carbons (Fsp3) is 1.00. The van der Waals surface area contributed by atoms with E-state index >= 15 is 0 Å². The van der Waals surface area contributed by atoms with Gasteiger partial charge >= 0.3 is 0 Å². The van der Waals surface area contributed by atoms with Crippen molar-refractivity contribution in [2.45, 2.75) is 38.0 Å². The van der Waals surface area contributed by atoms with Crippen LogP contribution in [-0.4, -0.2) is 67.9 Å². The molecule has 17 heavy (non-hydrogen) atoms. The quantitative estimate of drug-likeness (QED) is 0.705. The largest absolute Gasteiger partial charge is 0.374 e. The monoisotopic (exact) mass is 242 g/mol. The highest BCUT2D eigenvalue weighted by atomic mass is 16.5. The molecule has 0 aromatic carbocycles. The zero-order valence-electron chi connectivity index (χ0n) is 11.1. The molecule has 5 heteroatoms. The van der Waals surface area contributed by atoms with Gasteiger partial charge in [0.1, 0.15) is 0 Å². The van der Waals surface area contributed by atoms with Crippen LogP contribution < -0.4 is 11.2 Å². The van der Waals surface area contributed by atoms with Gasteiger partial charge in [0.2, 0.25) is 0 Å². The molecule has 0 spiro atoms. The zero-order chi connectivity index (χ0) is 12.3. The van der Waals surface area contributed by atoms with Crippen LogP contribution in [0.25, 0.3) is 0 Å². The van der Waals surface area contributed by atoms with Gasteiger partial charge < -0.3 is 15.4 Å². The lowest BCUT2D eigenvalue weighted by atomic mass is 10.1. The lowest BCUT2D eigenvalue weighted by molar-refractivity contribution is 0.000341. The molecule has 0 bridgehead atoms. The smallest absolute Gasteiger partial charge is 0.0758 e. The average Bonchev–Trinajstić information content (AvgIpc) is 2.75. The molecule has 2 saturated heterocycles. The highest BCUT2D eigenvalue weighted by Crippen LogP contribution is 2.21. The molecule has 3 atom stereocenters. The maximum Gasteiger partial charge on any atom is 0.0758 e. The van der Waals surface area contributed by atoms with E-state index in [4.69, 9.17) is 10.5 Å². The molecule has 100 valence electrons. The second-order valence-electron chi connectivity index (χ2n) is 5.32. The standard InChI is InChI=1S/C12H26N4O/c1-10-3-4-12(17-10)11(9-13)14-16-7-5-15(2)6-8-16/h10-12,14H,3-9,13H2,1-2H3. The van der Waals surface area contributed by atoms with E-state index in [1.165, 1.54) is 0 Å². The van der Waals surface area contributed by atoms with Gasteiger partial charge in [0.25, 0.3) is 0 Å². The number of hydrogen-bond donors (Lipinski definition) is 2. The summed E-state index contributed by atoms with van der Waals surface area (Å²) in [4.78, 5) is 2.35. The Balaban J connectivity index is 1.79. The minimum atomic E-state index is 0.267. The van der Waals surface area contributed by atoms with Crippen LogP contribution in [0.2, 0.25) is 0 Å². The predicted molar refractivity (Wildman–Crippen MR) is 68.6 cm³/mol. The van der Waals surface area contributed by atoms with Crippen LogP contribution in [-0.2, 0) is 4.74 Å². The molecule has 3 unspecified atom stereocenters. The normalized spacial score (nSPS) is 34.1. The summed E-state index contributed by atoms with van der Waals surface area (Å²) in [5.74, 6) is 0. The molecule has 2 aliphatic rings. The SMILES string of the molecule is CC1CCC(C(CN)NN2CCN(C)CC2)O1. The van der Waals surface area contributed by atoms with Gasteiger partial charge in [-0.3, -0.25) is 0 Å². The third-order valence-electron chi connectivity index (χ3n) is 3.82. The van der Waals surface area contributed by atoms with Crippen LogP contribution in [0.15, 0.2) is 0 Å². The summed E-state index contributed by atoms with van der Waals surface area (Å²) in [6, 6.07) is 0.267. The maximum absolute atomic E-state index is 5.90. The second-order valence-corrected chi connectivity index (χ2v) is 5.32. The highest BCUT2D eigenvalue weighted by molar-refractivity contribution is 4.83. The molecule has 3 N–H and O–H groups in total. The van der Waals surface area contributed by atoms with Crippen molar-refractivity contribution in [1.82, 2.24) is 15.3 Å². The predicted octanol–water partition coefficient (Wildman–Crippen LogP) is -0.367. The fourth-order valence-electron chi connectivity index (χ4n) is 2.59. The van der Waals surface area contributed by atoms with Crippen molar-refractivity contribution >= 4 is 0 Å². The summed E-state index contributed by atoms with van der Waals surface area (Å²) >= 11 is 0. The Morgan fingerprint density at radius 1 is 1.29 bits per heavy atom. The van der Waals surface area contributed by atoms with Crippen molar-refractivity contribution in [1.29, 1.82) is 0 Å². The molecule has 2 aliphatic heterocycles. The van der Waals surface area contributed by atoms with Crippen LogP contribution in [0.1, 0.15) is 19.8 Å². The number of nitrogens with one attached hydrogen (secondary N) is 1. The van der Waals surface area contributed by atoms with Gasteiger partial charge in [0.15, 0.2) is 0 Å². The van der Waals surface area contributed by atoms with Crippen LogP contribution in [0, 0.1) is 0 Å². The first kappa shape index (κ1) is 13.2. The molecule has 2 fully saturated rings. The highest BCUT2D eigenvalue weighted by Gasteiger charge is 2.30. The van der Waals surface area contributed by atoms with Crippen LogP contribution in [0.4, 0.5) is 0 Å². The van der Waals surface area contributed by atoms with E-state index in [0.29, 0.717) is 12.6 Å². The van der Waals surface area contributed by atoms with E-state index < -0.39 is 0 Å². The number of hydrazine groups is 1. The van der Waals surface area contributed by atoms with Crippen molar-refractivity contribution in [3.05, 3.63) is 0 Å². The fourth-order valence-corrected chi connectivity index (χ4v) is 2.59. The molecule has 5 nitrogen and oxygen atoms in total. The number of rotatable bonds is 4. The third kappa shape index (κ3) is 3.63. The first-order chi connectivity index (χ1) is 8.19. The molecule has 0 saturated carbocycles. The van der Waals surface area contributed by atoms with E-state index in [1.807, 2.05) is 0 Å². The van der Waals surface area contributed by atoms with Gasteiger partial charge in [0, 0.05) is 32.7 Å². The summed E-state index contributed by atoms with van der Waals surface area (Å²) in [6.45, 7) is 7.15. The number of ether oxygens (including phenoxy) is 1. The van der Waals surface area contributed by atoms with E-state index in [1.54, 1.807) is 0 Å². The van der Waals surface area contributed by atoms with Gasteiger partial charge in [-0.15, -0.1) is 0 Å². The van der Waals surface area contributed by atoms with Gasteiger partial charge in [-0.05, 0) is 26.8 Å². The third-order valence-corrected chi connectivity index (χ3v) is 3.82.